The smallest absolute Gasteiger partial charge is 0.164 e. The molecule has 0 atom stereocenters. The lowest BCUT2D eigenvalue weighted by Gasteiger charge is -2.15. The van der Waals surface area contributed by atoms with Gasteiger partial charge < -0.3 is 14.8 Å². The van der Waals surface area contributed by atoms with Crippen LogP contribution in [0, 0.1) is 0 Å². The number of nitrogens with one attached hydrogen (secondary N) is 1. The molecule has 0 unspecified atom stereocenters. The predicted octanol–water partition coefficient (Wildman–Crippen LogP) is 2.83. The van der Waals surface area contributed by atoms with Gasteiger partial charge in [-0.15, -0.1) is 6.58 Å². The molecule has 21 heavy (non-hydrogen) atoms. The van der Waals surface area contributed by atoms with E-state index in [0.29, 0.717) is 12.3 Å². The number of hydrogen-bond acceptors (Lipinski definition) is 5. The number of allylic oxidation sites excluding steroid dienone is 1. The maximum absolute atomic E-state index is 5.42. The Morgan fingerprint density at radius 3 is 2.71 bits per heavy atom. The van der Waals surface area contributed by atoms with E-state index >= 15 is 0 Å². The quantitative estimate of drug-likeness (QED) is 0.793. The average Bonchev–Trinajstić information content (AvgIpc) is 2.53. The molecule has 110 valence electrons. The van der Waals surface area contributed by atoms with Crippen LogP contribution < -0.4 is 14.8 Å². The van der Waals surface area contributed by atoms with Crippen molar-refractivity contribution in [3.05, 3.63) is 54.5 Å². The van der Waals surface area contributed by atoms with Crippen molar-refractivity contribution in [2.45, 2.75) is 13.0 Å². The van der Waals surface area contributed by atoms with Gasteiger partial charge in [-0.3, -0.25) is 4.98 Å². The van der Waals surface area contributed by atoms with Gasteiger partial charge in [0.05, 0.1) is 20.4 Å². The van der Waals surface area contributed by atoms with Crippen LogP contribution in [0.1, 0.15) is 11.1 Å². The first-order valence-corrected chi connectivity index (χ1v) is 6.63. The highest BCUT2D eigenvalue weighted by molar-refractivity contribution is 5.51. The Bertz CT molecular complexity index is 600. The first-order valence-electron chi connectivity index (χ1n) is 6.63. The van der Waals surface area contributed by atoms with Crippen LogP contribution in [0.4, 0.5) is 5.82 Å². The van der Waals surface area contributed by atoms with Gasteiger partial charge in [0.25, 0.3) is 0 Å². The summed E-state index contributed by atoms with van der Waals surface area (Å²) >= 11 is 0. The number of ether oxygens (including phenoxy) is 2. The third kappa shape index (κ3) is 3.72. The largest absolute Gasteiger partial charge is 0.493 e. The van der Waals surface area contributed by atoms with Crippen molar-refractivity contribution in [1.82, 2.24) is 9.97 Å². The standard InChI is InChI=1S/C16H19N3O2/c1-4-5-13-8-12(9-14(20-2)16(13)21-3)10-19-15-11-17-6-7-18-15/h4,6-9,11H,1,5,10H2,2-3H3,(H,18,19). The second-order valence-electron chi connectivity index (χ2n) is 4.43. The molecule has 0 amide bonds. The SMILES string of the molecule is C=CCc1cc(CNc2cnccn2)cc(OC)c1OC. The summed E-state index contributed by atoms with van der Waals surface area (Å²) in [5, 5.41) is 3.22. The summed E-state index contributed by atoms with van der Waals surface area (Å²) in [5.74, 6) is 2.20. The molecule has 0 saturated carbocycles. The molecule has 2 aromatic rings. The van der Waals surface area contributed by atoms with Gasteiger partial charge in [-0.1, -0.05) is 6.08 Å². The number of anilines is 1. The van der Waals surface area contributed by atoms with Crippen LogP contribution >= 0.6 is 0 Å². The van der Waals surface area contributed by atoms with Crippen LogP contribution in [0.15, 0.2) is 43.4 Å². The normalized spacial score (nSPS) is 10.0. The van der Waals surface area contributed by atoms with E-state index in [2.05, 4.69) is 27.9 Å². The second-order valence-corrected chi connectivity index (χ2v) is 4.43. The van der Waals surface area contributed by atoms with Crippen LogP contribution in [0.5, 0.6) is 11.5 Å². The van der Waals surface area contributed by atoms with E-state index in [1.807, 2.05) is 12.1 Å². The number of benzene rings is 1. The van der Waals surface area contributed by atoms with Crippen molar-refractivity contribution in [3.8, 4) is 11.5 Å². The van der Waals surface area contributed by atoms with Gasteiger partial charge in [0.1, 0.15) is 5.82 Å². The van der Waals surface area contributed by atoms with Gasteiger partial charge in [0.15, 0.2) is 11.5 Å². The Morgan fingerprint density at radius 1 is 1.24 bits per heavy atom. The van der Waals surface area contributed by atoms with Gasteiger partial charge in [-0.2, -0.15) is 0 Å². The van der Waals surface area contributed by atoms with E-state index in [-0.39, 0.29) is 0 Å². The highest BCUT2D eigenvalue weighted by Crippen LogP contribution is 2.33. The molecule has 1 N–H and O–H groups in total. The van der Waals surface area contributed by atoms with Crippen molar-refractivity contribution in [2.75, 3.05) is 19.5 Å². The van der Waals surface area contributed by atoms with Crippen molar-refractivity contribution in [2.24, 2.45) is 0 Å². The average molecular weight is 285 g/mol. The zero-order valence-corrected chi connectivity index (χ0v) is 12.3. The molecule has 2 rings (SSSR count). The van der Waals surface area contributed by atoms with Gasteiger partial charge >= 0.3 is 0 Å². The monoisotopic (exact) mass is 285 g/mol. The van der Waals surface area contributed by atoms with Crippen LogP contribution in [0.3, 0.4) is 0 Å². The van der Waals surface area contributed by atoms with E-state index < -0.39 is 0 Å². The zero-order chi connectivity index (χ0) is 15.1. The zero-order valence-electron chi connectivity index (χ0n) is 12.3. The molecule has 5 nitrogen and oxygen atoms in total. The van der Waals surface area contributed by atoms with Crippen molar-refractivity contribution >= 4 is 5.82 Å². The van der Waals surface area contributed by atoms with E-state index in [0.717, 1.165) is 29.1 Å². The van der Waals surface area contributed by atoms with Gasteiger partial charge in [-0.25, -0.2) is 4.98 Å². The summed E-state index contributed by atoms with van der Waals surface area (Å²) in [6.45, 7) is 4.41. The maximum atomic E-state index is 5.42. The van der Waals surface area contributed by atoms with E-state index in [9.17, 15) is 0 Å². The summed E-state index contributed by atoms with van der Waals surface area (Å²) in [5.41, 5.74) is 2.12. The molecule has 0 aliphatic rings. The Kier molecular flexibility index (Phi) is 5.15. The lowest BCUT2D eigenvalue weighted by molar-refractivity contribution is 0.352. The first-order chi connectivity index (χ1) is 10.3. The molecule has 5 heteroatoms. The summed E-state index contributed by atoms with van der Waals surface area (Å²) < 4.78 is 10.8. The highest BCUT2D eigenvalue weighted by atomic mass is 16.5. The molecule has 0 aliphatic heterocycles. The van der Waals surface area contributed by atoms with Crippen LogP contribution in [0.2, 0.25) is 0 Å². The van der Waals surface area contributed by atoms with Gasteiger partial charge in [0.2, 0.25) is 0 Å². The first kappa shape index (κ1) is 14.8. The molecule has 1 heterocycles. The third-order valence-electron chi connectivity index (χ3n) is 3.02. The minimum Gasteiger partial charge on any atom is -0.493 e. The minimum absolute atomic E-state index is 0.628. The van der Waals surface area contributed by atoms with E-state index in [1.165, 1.54) is 0 Å². The Morgan fingerprint density at radius 2 is 2.10 bits per heavy atom. The molecule has 0 aliphatic carbocycles. The molecule has 0 bridgehead atoms. The third-order valence-corrected chi connectivity index (χ3v) is 3.02. The summed E-state index contributed by atoms with van der Waals surface area (Å²) in [4.78, 5) is 8.21. The number of hydrogen-bond donors (Lipinski definition) is 1. The lowest BCUT2D eigenvalue weighted by Crippen LogP contribution is -2.04. The highest BCUT2D eigenvalue weighted by Gasteiger charge is 2.11. The second kappa shape index (κ2) is 7.28. The van der Waals surface area contributed by atoms with Crippen molar-refractivity contribution < 1.29 is 9.47 Å². The fourth-order valence-corrected chi connectivity index (χ4v) is 2.10. The summed E-state index contributed by atoms with van der Waals surface area (Å²) in [7, 11) is 3.28. The Hall–Kier alpha value is -2.56. The van der Waals surface area contributed by atoms with Crippen molar-refractivity contribution in [3.63, 3.8) is 0 Å². The molecular weight excluding hydrogens is 266 g/mol. The molecule has 0 radical (unpaired) electrons. The molecular formula is C16H19N3O2. The van der Waals surface area contributed by atoms with E-state index in [4.69, 9.17) is 9.47 Å². The van der Waals surface area contributed by atoms with Crippen LogP contribution in [0.25, 0.3) is 0 Å². The van der Waals surface area contributed by atoms with Gasteiger partial charge in [-0.05, 0) is 24.1 Å². The van der Waals surface area contributed by atoms with E-state index in [1.54, 1.807) is 32.8 Å². The molecule has 0 fully saturated rings. The summed E-state index contributed by atoms with van der Waals surface area (Å²) in [6, 6.07) is 4.03. The summed E-state index contributed by atoms with van der Waals surface area (Å²) in [6.07, 6.45) is 7.55. The number of methoxy groups -OCH3 is 2. The van der Waals surface area contributed by atoms with Crippen LogP contribution in [-0.4, -0.2) is 24.2 Å². The van der Waals surface area contributed by atoms with Crippen LogP contribution in [-0.2, 0) is 13.0 Å². The topological polar surface area (TPSA) is 56.3 Å². The fraction of sp³-hybridized carbons (Fsp3) is 0.250. The maximum Gasteiger partial charge on any atom is 0.164 e. The number of aromatic nitrogens is 2. The molecule has 1 aromatic carbocycles. The number of rotatable bonds is 7. The minimum atomic E-state index is 0.628. The Balaban J connectivity index is 2.23. The number of nitrogens with zero attached hydrogens (tertiary/aromatic N) is 2. The van der Waals surface area contributed by atoms with Crippen molar-refractivity contribution in [1.29, 1.82) is 0 Å². The predicted molar refractivity (Wildman–Crippen MR) is 82.8 cm³/mol. The molecule has 0 saturated heterocycles. The lowest BCUT2D eigenvalue weighted by atomic mass is 10.1. The Labute approximate surface area is 124 Å². The van der Waals surface area contributed by atoms with Gasteiger partial charge in [0, 0.05) is 24.5 Å². The fourth-order valence-electron chi connectivity index (χ4n) is 2.10. The molecule has 0 spiro atoms. The molecule has 1 aromatic heterocycles.